The van der Waals surface area contributed by atoms with Crippen LogP contribution in [0, 0.1) is 0 Å². The van der Waals surface area contributed by atoms with E-state index in [4.69, 9.17) is 0 Å². The van der Waals surface area contributed by atoms with E-state index in [0.717, 1.165) is 16.5 Å². The van der Waals surface area contributed by atoms with Gasteiger partial charge >= 0.3 is 11.9 Å². The third-order valence-corrected chi connectivity index (χ3v) is 5.74. The van der Waals surface area contributed by atoms with Crippen molar-refractivity contribution in [1.29, 1.82) is 0 Å². The number of carbonyl (C=O) groups is 2. The minimum atomic E-state index is -1.02. The molecule has 0 atom stereocenters. The zero-order valence-corrected chi connectivity index (χ0v) is 18.1. The lowest BCUT2D eigenvalue weighted by Gasteiger charge is -2.14. The normalized spacial score (nSPS) is 10.9. The lowest BCUT2D eigenvalue weighted by atomic mass is 9.92. The Hall–Kier alpha value is -4.71. The first-order valence-electron chi connectivity index (χ1n) is 10.7. The van der Waals surface area contributed by atoms with Crippen LogP contribution < -0.4 is 0 Å². The molecule has 0 spiro atoms. The Kier molecular flexibility index (Phi) is 5.40. The van der Waals surface area contributed by atoms with Crippen LogP contribution in [-0.4, -0.2) is 31.9 Å². The summed E-state index contributed by atoms with van der Waals surface area (Å²) in [6.07, 6.45) is 1.96. The Morgan fingerprint density at radius 2 is 1.24 bits per heavy atom. The highest BCUT2D eigenvalue weighted by atomic mass is 16.4. The lowest BCUT2D eigenvalue weighted by Crippen LogP contribution is -2.04. The third-order valence-electron chi connectivity index (χ3n) is 5.74. The number of carboxylic acids is 2. The molecule has 0 unspecified atom stereocenters. The molecule has 6 heteroatoms. The molecule has 0 saturated carbocycles. The summed E-state index contributed by atoms with van der Waals surface area (Å²) in [5.74, 6) is -2.04. The monoisotopic (exact) mass is 448 g/mol. The van der Waals surface area contributed by atoms with Gasteiger partial charge in [0.05, 0.1) is 23.2 Å². The second-order valence-corrected chi connectivity index (χ2v) is 8.01. The van der Waals surface area contributed by atoms with Crippen LogP contribution in [0.25, 0.3) is 33.2 Å². The van der Waals surface area contributed by atoms with E-state index >= 15 is 0 Å². The van der Waals surface area contributed by atoms with Crippen molar-refractivity contribution < 1.29 is 19.8 Å². The summed E-state index contributed by atoms with van der Waals surface area (Å²) >= 11 is 0. The summed E-state index contributed by atoms with van der Waals surface area (Å²) in [5.41, 5.74) is 4.65. The van der Waals surface area contributed by atoms with Gasteiger partial charge in [-0.1, -0.05) is 54.6 Å². The molecule has 1 heterocycles. The first-order valence-corrected chi connectivity index (χ1v) is 10.7. The van der Waals surface area contributed by atoms with Gasteiger partial charge in [-0.25, -0.2) is 9.59 Å². The highest BCUT2D eigenvalue weighted by Crippen LogP contribution is 2.32. The topological polar surface area (TPSA) is 92.4 Å². The van der Waals surface area contributed by atoms with Gasteiger partial charge in [-0.15, -0.1) is 0 Å². The largest absolute Gasteiger partial charge is 0.478 e. The number of fused-ring (bicyclic) bond motifs is 1. The molecule has 0 aliphatic heterocycles. The van der Waals surface area contributed by atoms with E-state index in [1.54, 1.807) is 48.5 Å². The molecule has 0 aliphatic rings. The number of hydrogen-bond acceptors (Lipinski definition) is 3. The van der Waals surface area contributed by atoms with Gasteiger partial charge in [0.2, 0.25) is 0 Å². The number of hydrogen-bond donors (Lipinski definition) is 2. The fraction of sp³-hybridized carbons (Fsp3) is 0.0357. The number of aromatic carboxylic acids is 2. The molecule has 0 amide bonds. The lowest BCUT2D eigenvalue weighted by molar-refractivity contribution is 0.0687. The highest BCUT2D eigenvalue weighted by molar-refractivity contribution is 5.98. The zero-order chi connectivity index (χ0) is 23.7. The van der Waals surface area contributed by atoms with Gasteiger partial charge in [0.1, 0.15) is 0 Å². The van der Waals surface area contributed by atoms with Gasteiger partial charge < -0.3 is 10.2 Å². The molecule has 1 aromatic heterocycles. The second kappa shape index (κ2) is 8.67. The van der Waals surface area contributed by atoms with E-state index < -0.39 is 11.9 Å². The minimum Gasteiger partial charge on any atom is -0.478 e. The van der Waals surface area contributed by atoms with Crippen LogP contribution in [0.1, 0.15) is 26.3 Å². The maximum Gasteiger partial charge on any atom is 0.336 e. The summed E-state index contributed by atoms with van der Waals surface area (Å²) in [6.45, 7) is 0.444. The molecule has 4 aromatic carbocycles. The molecule has 5 rings (SSSR count). The average Bonchev–Trinajstić information content (AvgIpc) is 3.26. The van der Waals surface area contributed by atoms with Crippen LogP contribution in [0.2, 0.25) is 0 Å². The smallest absolute Gasteiger partial charge is 0.336 e. The fourth-order valence-corrected chi connectivity index (χ4v) is 4.22. The standard InChI is InChI=1S/C28H20N2O4/c31-27(32)24-10-4-2-8-22(24)20-13-18(16-30-17-19-7-1-6-12-26(19)29-30)14-21(15-20)23-9-3-5-11-25(23)28(33)34/h1-15,17H,16H2,(H,31,32)(H,33,34). The molecule has 0 fully saturated rings. The van der Waals surface area contributed by atoms with Crippen LogP contribution in [0.4, 0.5) is 0 Å². The van der Waals surface area contributed by atoms with Gasteiger partial charge in [0, 0.05) is 11.6 Å². The summed E-state index contributed by atoms with van der Waals surface area (Å²) in [7, 11) is 0. The van der Waals surface area contributed by atoms with Crippen molar-refractivity contribution >= 4 is 22.8 Å². The molecule has 0 radical (unpaired) electrons. The van der Waals surface area contributed by atoms with E-state index in [2.05, 4.69) is 5.10 Å². The first kappa shape index (κ1) is 21.2. The fourth-order valence-electron chi connectivity index (χ4n) is 4.22. The van der Waals surface area contributed by atoms with Gasteiger partial charge in [0.25, 0.3) is 0 Å². The molecule has 2 N–H and O–H groups in total. The Morgan fingerprint density at radius 3 is 1.79 bits per heavy atom. The van der Waals surface area contributed by atoms with Gasteiger partial charge in [-0.3, -0.25) is 4.68 Å². The Bertz CT molecular complexity index is 1440. The van der Waals surface area contributed by atoms with Crippen molar-refractivity contribution in [3.8, 4) is 22.3 Å². The summed E-state index contributed by atoms with van der Waals surface area (Å²) in [6, 6.07) is 27.1. The highest BCUT2D eigenvalue weighted by Gasteiger charge is 2.16. The zero-order valence-electron chi connectivity index (χ0n) is 18.1. The van der Waals surface area contributed by atoms with Gasteiger partial charge in [-0.2, -0.15) is 5.10 Å². The third kappa shape index (κ3) is 4.04. The number of nitrogens with zero attached hydrogens (tertiary/aromatic N) is 2. The van der Waals surface area contributed by atoms with Crippen molar-refractivity contribution in [2.45, 2.75) is 6.54 Å². The van der Waals surface area contributed by atoms with Crippen molar-refractivity contribution in [3.63, 3.8) is 0 Å². The number of carboxylic acid groups (broad SMARTS) is 2. The molecule has 34 heavy (non-hydrogen) atoms. The van der Waals surface area contributed by atoms with Crippen molar-refractivity contribution in [2.24, 2.45) is 0 Å². The first-order chi connectivity index (χ1) is 16.5. The Morgan fingerprint density at radius 1 is 0.706 bits per heavy atom. The van der Waals surface area contributed by atoms with E-state index in [9.17, 15) is 19.8 Å². The van der Waals surface area contributed by atoms with Gasteiger partial charge in [0.15, 0.2) is 0 Å². The summed E-state index contributed by atoms with van der Waals surface area (Å²) < 4.78 is 1.83. The molecule has 0 saturated heterocycles. The van der Waals surface area contributed by atoms with E-state index in [1.165, 1.54) is 0 Å². The van der Waals surface area contributed by atoms with Gasteiger partial charge in [-0.05, 0) is 64.2 Å². The molecular weight excluding hydrogens is 428 g/mol. The van der Waals surface area contributed by atoms with E-state index in [-0.39, 0.29) is 11.1 Å². The number of aromatic nitrogens is 2. The van der Waals surface area contributed by atoms with Crippen molar-refractivity contribution in [1.82, 2.24) is 9.78 Å². The number of benzene rings is 4. The Balaban J connectivity index is 1.69. The maximum absolute atomic E-state index is 11.9. The molecular formula is C28H20N2O4. The molecule has 166 valence electrons. The minimum absolute atomic E-state index is 0.182. The van der Waals surface area contributed by atoms with E-state index in [1.807, 2.05) is 53.3 Å². The van der Waals surface area contributed by atoms with Crippen molar-refractivity contribution in [2.75, 3.05) is 0 Å². The van der Waals surface area contributed by atoms with E-state index in [0.29, 0.717) is 28.8 Å². The maximum atomic E-state index is 11.9. The SMILES string of the molecule is O=C(O)c1ccccc1-c1cc(Cn2cc3ccccc3n2)cc(-c2ccccc2C(=O)O)c1. The number of rotatable bonds is 6. The molecule has 0 aliphatic carbocycles. The van der Waals surface area contributed by atoms with Crippen LogP contribution in [0.5, 0.6) is 0 Å². The average molecular weight is 448 g/mol. The van der Waals surface area contributed by atoms with Crippen molar-refractivity contribution in [3.05, 3.63) is 114 Å². The van der Waals surface area contributed by atoms with Crippen LogP contribution in [-0.2, 0) is 6.54 Å². The Labute approximate surface area is 195 Å². The predicted molar refractivity (Wildman–Crippen MR) is 130 cm³/mol. The molecule has 5 aromatic rings. The second-order valence-electron chi connectivity index (χ2n) is 8.01. The van der Waals surface area contributed by atoms with Crippen LogP contribution >= 0.6 is 0 Å². The quantitative estimate of drug-likeness (QED) is 0.342. The molecule has 6 nitrogen and oxygen atoms in total. The predicted octanol–water partition coefficient (Wildman–Crippen LogP) is 5.82. The summed E-state index contributed by atoms with van der Waals surface area (Å²) in [5, 5.41) is 25.1. The summed E-state index contributed by atoms with van der Waals surface area (Å²) in [4.78, 5) is 23.8. The van der Waals surface area contributed by atoms with Crippen LogP contribution in [0.15, 0.2) is 97.2 Å². The molecule has 0 bridgehead atoms. The van der Waals surface area contributed by atoms with Crippen LogP contribution in [0.3, 0.4) is 0 Å².